The van der Waals surface area contributed by atoms with E-state index >= 15 is 0 Å². The lowest BCUT2D eigenvalue weighted by atomic mass is 9.87. The van der Waals surface area contributed by atoms with Crippen molar-refractivity contribution >= 4 is 39.7 Å². The second kappa shape index (κ2) is 7.97. The summed E-state index contributed by atoms with van der Waals surface area (Å²) in [5, 5.41) is 6.63. The van der Waals surface area contributed by atoms with Crippen LogP contribution in [0.15, 0.2) is 29.6 Å². The van der Waals surface area contributed by atoms with Crippen molar-refractivity contribution in [2.45, 2.75) is 56.9 Å². The molecule has 1 N–H and O–H groups in total. The van der Waals surface area contributed by atoms with Crippen LogP contribution in [0.5, 0.6) is 0 Å². The highest BCUT2D eigenvalue weighted by atomic mass is 35.5. The number of rotatable bonds is 4. The Morgan fingerprint density at radius 3 is 2.65 bits per heavy atom. The molecule has 1 saturated heterocycles. The molecule has 1 unspecified atom stereocenters. The fourth-order valence-corrected chi connectivity index (χ4v) is 5.02. The molecule has 138 valence electrons. The van der Waals surface area contributed by atoms with Gasteiger partial charge in [0, 0.05) is 28.6 Å². The zero-order chi connectivity index (χ0) is 17.9. The van der Waals surface area contributed by atoms with E-state index in [1.54, 1.807) is 11.3 Å². The summed E-state index contributed by atoms with van der Waals surface area (Å²) in [6.07, 6.45) is 8.27. The summed E-state index contributed by atoms with van der Waals surface area (Å²) in [6.45, 7) is 0.894. The normalized spacial score (nSPS) is 21.1. The van der Waals surface area contributed by atoms with Crippen LogP contribution in [0.4, 0.5) is 10.8 Å². The number of nitrogens with one attached hydrogen (secondary N) is 1. The molecular formula is C20H24ClN3OS. The summed E-state index contributed by atoms with van der Waals surface area (Å²) < 4.78 is 0. The molecule has 2 fully saturated rings. The quantitative estimate of drug-likeness (QED) is 0.755. The topological polar surface area (TPSA) is 45.2 Å². The summed E-state index contributed by atoms with van der Waals surface area (Å²) in [4.78, 5) is 19.7. The molecule has 1 aliphatic heterocycles. The Morgan fingerprint density at radius 1 is 1.12 bits per heavy atom. The number of aromatic nitrogens is 1. The molecule has 0 radical (unpaired) electrons. The van der Waals surface area contributed by atoms with Crippen molar-refractivity contribution in [3.8, 4) is 0 Å². The largest absolute Gasteiger partial charge is 0.360 e. The lowest BCUT2D eigenvalue weighted by Gasteiger charge is -2.25. The van der Waals surface area contributed by atoms with E-state index in [0.717, 1.165) is 35.9 Å². The molecule has 6 heteroatoms. The molecule has 2 aromatic rings. The SMILES string of the molecule is O=C(Nc1nc(C2CCCCC2)cs1)C1CCCN1c1ccc(Cl)cc1. The summed E-state index contributed by atoms with van der Waals surface area (Å²) in [5.41, 5.74) is 2.21. The molecule has 4 nitrogen and oxygen atoms in total. The molecule has 1 amide bonds. The maximum Gasteiger partial charge on any atom is 0.248 e. The van der Waals surface area contributed by atoms with Crippen molar-refractivity contribution in [2.75, 3.05) is 16.8 Å². The van der Waals surface area contributed by atoms with Crippen LogP contribution >= 0.6 is 22.9 Å². The lowest BCUT2D eigenvalue weighted by Crippen LogP contribution is -2.39. The van der Waals surface area contributed by atoms with Gasteiger partial charge < -0.3 is 10.2 Å². The molecule has 2 aliphatic rings. The number of hydrogen-bond acceptors (Lipinski definition) is 4. The van der Waals surface area contributed by atoms with Crippen molar-refractivity contribution in [1.29, 1.82) is 0 Å². The molecule has 1 saturated carbocycles. The fourth-order valence-electron chi connectivity index (χ4n) is 4.10. The van der Waals surface area contributed by atoms with Gasteiger partial charge in [-0.15, -0.1) is 11.3 Å². The van der Waals surface area contributed by atoms with Gasteiger partial charge >= 0.3 is 0 Å². The Labute approximate surface area is 163 Å². The van der Waals surface area contributed by atoms with Crippen LogP contribution in [0.3, 0.4) is 0 Å². The number of nitrogens with zero attached hydrogens (tertiary/aromatic N) is 2. The van der Waals surface area contributed by atoms with Gasteiger partial charge in [-0.25, -0.2) is 4.98 Å². The Morgan fingerprint density at radius 2 is 1.88 bits per heavy atom. The Kier molecular flexibility index (Phi) is 5.46. The van der Waals surface area contributed by atoms with Gasteiger partial charge in [-0.05, 0) is 49.9 Å². The number of carbonyl (C=O) groups excluding carboxylic acids is 1. The van der Waals surface area contributed by atoms with Crippen molar-refractivity contribution < 1.29 is 4.79 Å². The molecule has 0 spiro atoms. The van der Waals surface area contributed by atoms with Gasteiger partial charge in [-0.2, -0.15) is 0 Å². The molecule has 1 aromatic heterocycles. The maximum absolute atomic E-state index is 12.8. The van der Waals surface area contributed by atoms with E-state index in [0.29, 0.717) is 10.9 Å². The van der Waals surface area contributed by atoms with Crippen molar-refractivity contribution in [3.05, 3.63) is 40.4 Å². The lowest BCUT2D eigenvalue weighted by molar-refractivity contribution is -0.117. The highest BCUT2D eigenvalue weighted by Crippen LogP contribution is 2.34. The van der Waals surface area contributed by atoms with E-state index in [1.165, 1.54) is 32.1 Å². The van der Waals surface area contributed by atoms with E-state index in [2.05, 4.69) is 15.6 Å². The second-order valence-electron chi connectivity index (χ2n) is 7.23. The number of benzene rings is 1. The van der Waals surface area contributed by atoms with Gasteiger partial charge in [0.25, 0.3) is 0 Å². The third kappa shape index (κ3) is 3.89. The maximum atomic E-state index is 12.8. The van der Waals surface area contributed by atoms with Gasteiger partial charge in [-0.3, -0.25) is 4.79 Å². The predicted molar refractivity (Wildman–Crippen MR) is 108 cm³/mol. The third-order valence-corrected chi connectivity index (χ3v) is 6.52. The molecule has 2 heterocycles. The summed E-state index contributed by atoms with van der Waals surface area (Å²) in [5.74, 6) is 0.615. The molecular weight excluding hydrogens is 366 g/mol. The van der Waals surface area contributed by atoms with E-state index in [-0.39, 0.29) is 11.9 Å². The number of carbonyl (C=O) groups is 1. The zero-order valence-electron chi connectivity index (χ0n) is 14.8. The van der Waals surface area contributed by atoms with Crippen LogP contribution < -0.4 is 10.2 Å². The van der Waals surface area contributed by atoms with E-state index < -0.39 is 0 Å². The minimum Gasteiger partial charge on any atom is -0.360 e. The molecule has 1 aromatic carbocycles. The van der Waals surface area contributed by atoms with Crippen molar-refractivity contribution in [2.24, 2.45) is 0 Å². The monoisotopic (exact) mass is 389 g/mol. The summed E-state index contributed by atoms with van der Waals surface area (Å²) in [6, 6.07) is 7.58. The van der Waals surface area contributed by atoms with Crippen LogP contribution in [-0.2, 0) is 4.79 Å². The Bertz CT molecular complexity index is 755. The number of thiazole rings is 1. The first-order chi connectivity index (χ1) is 12.7. The molecule has 1 atom stereocenters. The first kappa shape index (κ1) is 17.8. The van der Waals surface area contributed by atoms with Gasteiger partial charge in [0.15, 0.2) is 5.13 Å². The number of halogens is 1. The number of anilines is 2. The second-order valence-corrected chi connectivity index (χ2v) is 8.52. The Balaban J connectivity index is 1.42. The molecule has 26 heavy (non-hydrogen) atoms. The zero-order valence-corrected chi connectivity index (χ0v) is 16.4. The van der Waals surface area contributed by atoms with E-state index in [4.69, 9.17) is 16.6 Å². The highest BCUT2D eigenvalue weighted by molar-refractivity contribution is 7.13. The average molecular weight is 390 g/mol. The Hall–Kier alpha value is -1.59. The standard InChI is InChI=1S/C20H24ClN3OS/c21-15-8-10-16(11-9-15)24-12-4-7-18(24)19(25)23-20-22-17(13-26-20)14-5-2-1-3-6-14/h8-11,13-14,18H,1-7,12H2,(H,22,23,25). The van der Waals surface area contributed by atoms with E-state index in [9.17, 15) is 4.79 Å². The van der Waals surface area contributed by atoms with Crippen LogP contribution in [0.2, 0.25) is 5.02 Å². The minimum atomic E-state index is -0.141. The van der Waals surface area contributed by atoms with E-state index in [1.807, 2.05) is 24.3 Å². The molecule has 1 aliphatic carbocycles. The minimum absolute atomic E-state index is 0.0435. The number of hydrogen-bond donors (Lipinski definition) is 1. The first-order valence-electron chi connectivity index (χ1n) is 9.49. The average Bonchev–Trinajstić information content (AvgIpc) is 3.33. The smallest absolute Gasteiger partial charge is 0.248 e. The van der Waals surface area contributed by atoms with Crippen molar-refractivity contribution in [3.63, 3.8) is 0 Å². The van der Waals surface area contributed by atoms with Crippen LogP contribution in [0.1, 0.15) is 56.6 Å². The molecule has 4 rings (SSSR count). The number of amides is 1. The van der Waals surface area contributed by atoms with Crippen LogP contribution in [0, 0.1) is 0 Å². The highest BCUT2D eigenvalue weighted by Gasteiger charge is 2.31. The summed E-state index contributed by atoms with van der Waals surface area (Å²) in [7, 11) is 0. The van der Waals surface area contributed by atoms with Crippen molar-refractivity contribution in [1.82, 2.24) is 4.98 Å². The fraction of sp³-hybridized carbons (Fsp3) is 0.500. The first-order valence-corrected chi connectivity index (χ1v) is 10.7. The van der Waals surface area contributed by atoms with Crippen LogP contribution in [-0.4, -0.2) is 23.5 Å². The van der Waals surface area contributed by atoms with Crippen LogP contribution in [0.25, 0.3) is 0 Å². The van der Waals surface area contributed by atoms with Gasteiger partial charge in [0.1, 0.15) is 6.04 Å². The molecule has 0 bridgehead atoms. The van der Waals surface area contributed by atoms with Gasteiger partial charge in [0.2, 0.25) is 5.91 Å². The third-order valence-electron chi connectivity index (χ3n) is 5.49. The predicted octanol–water partition coefficient (Wildman–Crippen LogP) is 5.45. The van der Waals surface area contributed by atoms with Gasteiger partial charge in [-0.1, -0.05) is 30.9 Å². The van der Waals surface area contributed by atoms with Gasteiger partial charge in [0.05, 0.1) is 5.69 Å². The summed E-state index contributed by atoms with van der Waals surface area (Å²) >= 11 is 7.54.